The Balaban J connectivity index is 2.23. The van der Waals surface area contributed by atoms with Crippen molar-refractivity contribution in [1.29, 1.82) is 0 Å². The number of aromatic nitrogens is 3. The molecule has 2 rings (SSSR count). The molecule has 2 atom stereocenters. The van der Waals surface area contributed by atoms with Crippen LogP contribution in [-0.2, 0) is 0 Å². The molecular formula is C14H20N4. The van der Waals surface area contributed by atoms with Crippen molar-refractivity contribution in [2.24, 2.45) is 5.92 Å². The van der Waals surface area contributed by atoms with E-state index in [-0.39, 0.29) is 0 Å². The lowest BCUT2D eigenvalue weighted by Crippen LogP contribution is -2.24. The molecule has 4 heteroatoms. The first-order chi connectivity index (χ1) is 8.72. The maximum atomic E-state index is 4.05. The maximum absolute atomic E-state index is 4.05. The molecule has 0 aliphatic heterocycles. The molecule has 18 heavy (non-hydrogen) atoms. The Morgan fingerprint density at radius 3 is 2.72 bits per heavy atom. The van der Waals surface area contributed by atoms with Crippen LogP contribution in [0.25, 0.3) is 5.69 Å². The van der Waals surface area contributed by atoms with E-state index in [2.05, 4.69) is 42.5 Å². The van der Waals surface area contributed by atoms with Crippen molar-refractivity contribution in [3.05, 3.63) is 36.7 Å². The number of hydrogen-bond acceptors (Lipinski definition) is 3. The minimum Gasteiger partial charge on any atom is -0.381 e. The molecule has 4 nitrogen and oxygen atoms in total. The standard InChI is InChI=1S/C14H20N4/c1-4-11(2)12(3)16-13-7-5-6-8-14(13)18-10-9-15-17-18/h5-12,16H,4H2,1-3H3. The van der Waals surface area contributed by atoms with Gasteiger partial charge in [-0.25, -0.2) is 4.68 Å². The Labute approximate surface area is 108 Å². The van der Waals surface area contributed by atoms with Gasteiger partial charge in [-0.3, -0.25) is 0 Å². The zero-order valence-corrected chi connectivity index (χ0v) is 11.2. The van der Waals surface area contributed by atoms with E-state index in [1.54, 1.807) is 10.9 Å². The average molecular weight is 244 g/mol. The van der Waals surface area contributed by atoms with E-state index in [0.717, 1.165) is 11.4 Å². The topological polar surface area (TPSA) is 42.7 Å². The zero-order chi connectivity index (χ0) is 13.0. The molecular weight excluding hydrogens is 224 g/mol. The Morgan fingerprint density at radius 2 is 2.06 bits per heavy atom. The van der Waals surface area contributed by atoms with Crippen molar-refractivity contribution in [2.75, 3.05) is 5.32 Å². The molecule has 1 aromatic heterocycles. The van der Waals surface area contributed by atoms with Crippen molar-refractivity contribution in [2.45, 2.75) is 33.2 Å². The number of nitrogens with one attached hydrogen (secondary N) is 1. The molecule has 0 amide bonds. The van der Waals surface area contributed by atoms with Gasteiger partial charge >= 0.3 is 0 Å². The van der Waals surface area contributed by atoms with Crippen LogP contribution in [0.2, 0.25) is 0 Å². The van der Waals surface area contributed by atoms with Gasteiger partial charge in [-0.1, -0.05) is 37.6 Å². The van der Waals surface area contributed by atoms with Crippen molar-refractivity contribution < 1.29 is 0 Å². The van der Waals surface area contributed by atoms with E-state index < -0.39 is 0 Å². The second kappa shape index (κ2) is 5.67. The fourth-order valence-electron chi connectivity index (χ4n) is 1.87. The average Bonchev–Trinajstić information content (AvgIpc) is 2.92. The number of nitrogens with zero attached hydrogens (tertiary/aromatic N) is 3. The number of hydrogen-bond donors (Lipinski definition) is 1. The molecule has 0 aliphatic carbocycles. The SMILES string of the molecule is CCC(C)C(C)Nc1ccccc1-n1ccnn1. The minimum atomic E-state index is 0.430. The molecule has 0 saturated carbocycles. The summed E-state index contributed by atoms with van der Waals surface area (Å²) in [5, 5.41) is 11.5. The van der Waals surface area contributed by atoms with Gasteiger partial charge in [0.2, 0.25) is 0 Å². The number of para-hydroxylation sites is 2. The summed E-state index contributed by atoms with van der Waals surface area (Å²) in [7, 11) is 0. The third-order valence-electron chi connectivity index (χ3n) is 3.45. The molecule has 1 N–H and O–H groups in total. The van der Waals surface area contributed by atoms with Crippen LogP contribution in [0.15, 0.2) is 36.7 Å². The summed E-state index contributed by atoms with van der Waals surface area (Å²) < 4.78 is 1.78. The fraction of sp³-hybridized carbons (Fsp3) is 0.429. The normalized spacial score (nSPS) is 14.2. The van der Waals surface area contributed by atoms with E-state index >= 15 is 0 Å². The highest BCUT2D eigenvalue weighted by molar-refractivity contribution is 5.60. The van der Waals surface area contributed by atoms with E-state index in [1.807, 2.05) is 24.4 Å². The first kappa shape index (κ1) is 12.6. The molecule has 0 aliphatic rings. The predicted molar refractivity (Wildman–Crippen MR) is 73.9 cm³/mol. The molecule has 2 unspecified atom stereocenters. The Bertz CT molecular complexity index is 478. The molecule has 1 aromatic carbocycles. The number of anilines is 1. The van der Waals surface area contributed by atoms with Crippen LogP contribution in [0, 0.1) is 5.92 Å². The van der Waals surface area contributed by atoms with Crippen LogP contribution >= 0.6 is 0 Å². The van der Waals surface area contributed by atoms with Crippen LogP contribution in [-0.4, -0.2) is 21.0 Å². The fourth-order valence-corrected chi connectivity index (χ4v) is 1.87. The number of rotatable bonds is 5. The first-order valence-electron chi connectivity index (χ1n) is 6.44. The summed E-state index contributed by atoms with van der Waals surface area (Å²) in [5.74, 6) is 0.633. The highest BCUT2D eigenvalue weighted by Gasteiger charge is 2.12. The van der Waals surface area contributed by atoms with Crippen LogP contribution in [0.4, 0.5) is 5.69 Å². The monoisotopic (exact) mass is 244 g/mol. The van der Waals surface area contributed by atoms with Crippen LogP contribution < -0.4 is 5.32 Å². The van der Waals surface area contributed by atoms with Crippen LogP contribution in [0.5, 0.6) is 0 Å². The molecule has 0 spiro atoms. The van der Waals surface area contributed by atoms with Gasteiger partial charge in [-0.05, 0) is 25.0 Å². The van der Waals surface area contributed by atoms with Gasteiger partial charge in [-0.15, -0.1) is 5.10 Å². The zero-order valence-electron chi connectivity index (χ0n) is 11.2. The van der Waals surface area contributed by atoms with Gasteiger partial charge < -0.3 is 5.32 Å². The largest absolute Gasteiger partial charge is 0.381 e. The number of benzene rings is 1. The van der Waals surface area contributed by atoms with Gasteiger partial charge in [0.05, 0.1) is 23.8 Å². The second-order valence-corrected chi connectivity index (χ2v) is 4.68. The van der Waals surface area contributed by atoms with Crippen molar-refractivity contribution >= 4 is 5.69 Å². The maximum Gasteiger partial charge on any atom is 0.0894 e. The summed E-state index contributed by atoms with van der Waals surface area (Å²) in [4.78, 5) is 0. The highest BCUT2D eigenvalue weighted by atomic mass is 15.4. The van der Waals surface area contributed by atoms with E-state index in [9.17, 15) is 0 Å². The van der Waals surface area contributed by atoms with Crippen LogP contribution in [0.1, 0.15) is 27.2 Å². The van der Waals surface area contributed by atoms with E-state index in [4.69, 9.17) is 0 Å². The van der Waals surface area contributed by atoms with Gasteiger partial charge in [0.1, 0.15) is 0 Å². The molecule has 1 heterocycles. The lowest BCUT2D eigenvalue weighted by Gasteiger charge is -2.22. The van der Waals surface area contributed by atoms with Crippen LogP contribution in [0.3, 0.4) is 0 Å². The van der Waals surface area contributed by atoms with Crippen molar-refractivity contribution in [1.82, 2.24) is 15.0 Å². The Morgan fingerprint density at radius 1 is 1.28 bits per heavy atom. The summed E-state index contributed by atoms with van der Waals surface area (Å²) in [5.41, 5.74) is 2.13. The van der Waals surface area contributed by atoms with E-state index in [0.29, 0.717) is 12.0 Å². The molecule has 0 fully saturated rings. The quantitative estimate of drug-likeness (QED) is 0.878. The highest BCUT2D eigenvalue weighted by Crippen LogP contribution is 2.21. The smallest absolute Gasteiger partial charge is 0.0894 e. The predicted octanol–water partition coefficient (Wildman–Crippen LogP) is 3.11. The Kier molecular flexibility index (Phi) is 3.97. The molecule has 96 valence electrons. The third kappa shape index (κ3) is 2.70. The van der Waals surface area contributed by atoms with Gasteiger partial charge in [-0.2, -0.15) is 0 Å². The summed E-state index contributed by atoms with van der Waals surface area (Å²) in [6.07, 6.45) is 4.71. The van der Waals surface area contributed by atoms with Crippen molar-refractivity contribution in [3.63, 3.8) is 0 Å². The first-order valence-corrected chi connectivity index (χ1v) is 6.44. The van der Waals surface area contributed by atoms with Gasteiger partial charge in [0, 0.05) is 6.04 Å². The molecule has 0 radical (unpaired) electrons. The Hall–Kier alpha value is -1.84. The molecule has 2 aromatic rings. The summed E-state index contributed by atoms with van der Waals surface area (Å²) in [6.45, 7) is 6.69. The van der Waals surface area contributed by atoms with Crippen molar-refractivity contribution in [3.8, 4) is 5.69 Å². The summed E-state index contributed by atoms with van der Waals surface area (Å²) in [6, 6.07) is 8.60. The second-order valence-electron chi connectivity index (χ2n) is 4.68. The summed E-state index contributed by atoms with van der Waals surface area (Å²) >= 11 is 0. The minimum absolute atomic E-state index is 0.430. The van der Waals surface area contributed by atoms with E-state index in [1.165, 1.54) is 6.42 Å². The van der Waals surface area contributed by atoms with Gasteiger partial charge in [0.15, 0.2) is 0 Å². The molecule has 0 saturated heterocycles. The third-order valence-corrected chi connectivity index (χ3v) is 3.45. The van der Waals surface area contributed by atoms with Gasteiger partial charge in [0.25, 0.3) is 0 Å². The lowest BCUT2D eigenvalue weighted by molar-refractivity contribution is 0.494. The molecule has 0 bridgehead atoms. The lowest BCUT2D eigenvalue weighted by atomic mass is 10.0.